The van der Waals surface area contributed by atoms with E-state index < -0.39 is 0 Å². The summed E-state index contributed by atoms with van der Waals surface area (Å²) >= 11 is 0. The van der Waals surface area contributed by atoms with Gasteiger partial charge in [-0.25, -0.2) is 0 Å². The predicted molar refractivity (Wildman–Crippen MR) is 96.2 cm³/mol. The van der Waals surface area contributed by atoms with E-state index in [9.17, 15) is 9.90 Å². The minimum atomic E-state index is -0.328. The molecule has 0 aliphatic heterocycles. The molecular formula is C20H32O4. The third-order valence-corrected chi connectivity index (χ3v) is 3.82. The van der Waals surface area contributed by atoms with Gasteiger partial charge in [-0.1, -0.05) is 26.0 Å². The number of fused-ring (bicyclic) bond motifs is 1. The fourth-order valence-electron chi connectivity index (χ4n) is 2.85. The first kappa shape index (κ1) is 20.5. The Hall–Kier alpha value is -1.55. The molecule has 0 spiro atoms. The quantitative estimate of drug-likeness (QED) is 0.838. The fourth-order valence-corrected chi connectivity index (χ4v) is 2.85. The average Bonchev–Trinajstić information content (AvgIpc) is 2.43. The highest BCUT2D eigenvalue weighted by atomic mass is 16.6. The smallest absolute Gasteiger partial charge is 0.303 e. The maximum atomic E-state index is 10.2. The van der Waals surface area contributed by atoms with Gasteiger partial charge in [-0.3, -0.25) is 4.79 Å². The van der Waals surface area contributed by atoms with Gasteiger partial charge in [0.2, 0.25) is 0 Å². The standard InChI is InChI=1S/C14H20O2.C6H12O2/c1-3-7-16-14-9-12-11(8-10(14)2)5-4-6-13(12)15;1-5(7)8-6(2,3)4/h4-6,10,14-15H,3,7-9H2,1-2H3;1-4H3/t10-,14-;/m1./s1. The summed E-state index contributed by atoms with van der Waals surface area (Å²) in [5.74, 6) is 0.743. The minimum Gasteiger partial charge on any atom is -0.508 e. The molecule has 136 valence electrons. The number of ether oxygens (including phenoxy) is 2. The van der Waals surface area contributed by atoms with Gasteiger partial charge in [0, 0.05) is 20.0 Å². The Morgan fingerprint density at radius 2 is 1.96 bits per heavy atom. The van der Waals surface area contributed by atoms with E-state index in [2.05, 4.69) is 19.9 Å². The van der Waals surface area contributed by atoms with Crippen molar-refractivity contribution in [3.63, 3.8) is 0 Å². The molecule has 4 nitrogen and oxygen atoms in total. The van der Waals surface area contributed by atoms with E-state index in [4.69, 9.17) is 9.47 Å². The number of carbonyl (C=O) groups is 1. The van der Waals surface area contributed by atoms with Gasteiger partial charge in [0.05, 0.1) is 6.10 Å². The largest absolute Gasteiger partial charge is 0.508 e. The van der Waals surface area contributed by atoms with Crippen molar-refractivity contribution in [2.24, 2.45) is 5.92 Å². The molecule has 1 aromatic carbocycles. The molecule has 24 heavy (non-hydrogen) atoms. The van der Waals surface area contributed by atoms with Crippen LogP contribution in [0.5, 0.6) is 5.75 Å². The topological polar surface area (TPSA) is 55.8 Å². The Bertz CT molecular complexity index is 531. The third kappa shape index (κ3) is 6.91. The first-order valence-electron chi connectivity index (χ1n) is 8.75. The molecule has 1 aromatic rings. The normalized spacial score (nSPS) is 19.8. The molecule has 0 saturated carbocycles. The molecule has 1 aliphatic carbocycles. The lowest BCUT2D eigenvalue weighted by Gasteiger charge is -2.31. The summed E-state index contributed by atoms with van der Waals surface area (Å²) in [6, 6.07) is 5.81. The Morgan fingerprint density at radius 1 is 1.29 bits per heavy atom. The van der Waals surface area contributed by atoms with E-state index in [1.165, 1.54) is 12.5 Å². The summed E-state index contributed by atoms with van der Waals surface area (Å²) in [6.07, 6.45) is 3.18. The van der Waals surface area contributed by atoms with Crippen molar-refractivity contribution in [2.45, 2.75) is 72.5 Å². The van der Waals surface area contributed by atoms with Crippen molar-refractivity contribution < 1.29 is 19.4 Å². The molecule has 1 N–H and O–H groups in total. The van der Waals surface area contributed by atoms with Crippen LogP contribution in [0.25, 0.3) is 0 Å². The van der Waals surface area contributed by atoms with Crippen molar-refractivity contribution >= 4 is 5.97 Å². The first-order valence-corrected chi connectivity index (χ1v) is 8.75. The van der Waals surface area contributed by atoms with Crippen LogP contribution in [-0.4, -0.2) is 29.4 Å². The van der Waals surface area contributed by atoms with Crippen LogP contribution < -0.4 is 0 Å². The number of benzene rings is 1. The van der Waals surface area contributed by atoms with Crippen molar-refractivity contribution in [3.05, 3.63) is 29.3 Å². The van der Waals surface area contributed by atoms with Gasteiger partial charge in [-0.15, -0.1) is 0 Å². The van der Waals surface area contributed by atoms with Gasteiger partial charge < -0.3 is 14.6 Å². The van der Waals surface area contributed by atoms with Gasteiger partial charge in [-0.05, 0) is 56.7 Å². The van der Waals surface area contributed by atoms with Crippen LogP contribution in [0.15, 0.2) is 18.2 Å². The maximum absolute atomic E-state index is 10.2. The maximum Gasteiger partial charge on any atom is 0.303 e. The van der Waals surface area contributed by atoms with Crippen molar-refractivity contribution in [1.82, 2.24) is 0 Å². The number of aromatic hydroxyl groups is 1. The molecule has 4 heteroatoms. The minimum absolute atomic E-state index is 0.225. The van der Waals surface area contributed by atoms with E-state index in [-0.39, 0.29) is 17.7 Å². The van der Waals surface area contributed by atoms with Crippen LogP contribution in [0.3, 0.4) is 0 Å². The fraction of sp³-hybridized carbons (Fsp3) is 0.650. The lowest BCUT2D eigenvalue weighted by molar-refractivity contribution is -0.151. The number of rotatable bonds is 3. The second-order valence-electron chi connectivity index (χ2n) is 7.42. The molecule has 0 bridgehead atoms. The Balaban J connectivity index is 0.000000307. The molecule has 1 aliphatic rings. The molecule has 0 saturated heterocycles. The summed E-state index contributed by atoms with van der Waals surface area (Å²) in [5, 5.41) is 9.83. The van der Waals surface area contributed by atoms with Crippen LogP contribution >= 0.6 is 0 Å². The van der Waals surface area contributed by atoms with Crippen LogP contribution in [0.1, 0.15) is 59.1 Å². The molecule has 0 heterocycles. The van der Waals surface area contributed by atoms with Crippen molar-refractivity contribution in [3.8, 4) is 5.75 Å². The monoisotopic (exact) mass is 336 g/mol. The number of phenolic OH excluding ortho intramolecular Hbond substituents is 1. The molecular weight excluding hydrogens is 304 g/mol. The Morgan fingerprint density at radius 3 is 2.46 bits per heavy atom. The zero-order valence-electron chi connectivity index (χ0n) is 15.9. The zero-order valence-corrected chi connectivity index (χ0v) is 15.9. The van der Waals surface area contributed by atoms with Gasteiger partial charge >= 0.3 is 5.97 Å². The van der Waals surface area contributed by atoms with Crippen LogP contribution in [0.2, 0.25) is 0 Å². The predicted octanol–water partition coefficient (Wildman–Crippen LogP) is 4.27. The highest BCUT2D eigenvalue weighted by molar-refractivity contribution is 5.66. The molecule has 0 unspecified atom stereocenters. The van der Waals surface area contributed by atoms with Crippen molar-refractivity contribution in [2.75, 3.05) is 6.61 Å². The number of esters is 1. The molecule has 2 rings (SSSR count). The molecule has 0 aromatic heterocycles. The summed E-state index contributed by atoms with van der Waals surface area (Å²) in [5.41, 5.74) is 2.04. The summed E-state index contributed by atoms with van der Waals surface area (Å²) in [4.78, 5) is 10.2. The van der Waals surface area contributed by atoms with Crippen molar-refractivity contribution in [1.29, 1.82) is 0 Å². The van der Waals surface area contributed by atoms with Gasteiger partial charge in [0.15, 0.2) is 0 Å². The molecule has 0 fully saturated rings. The van der Waals surface area contributed by atoms with E-state index in [1.54, 1.807) is 6.07 Å². The number of carbonyl (C=O) groups excluding carboxylic acids is 1. The number of phenols is 1. The van der Waals surface area contributed by atoms with Gasteiger partial charge in [0.1, 0.15) is 11.4 Å². The zero-order chi connectivity index (χ0) is 18.3. The van der Waals surface area contributed by atoms with Crippen LogP contribution in [0.4, 0.5) is 0 Å². The van der Waals surface area contributed by atoms with Gasteiger partial charge in [0.25, 0.3) is 0 Å². The Labute approximate surface area is 146 Å². The second-order valence-corrected chi connectivity index (χ2v) is 7.42. The summed E-state index contributed by atoms with van der Waals surface area (Å²) in [6.45, 7) is 12.1. The highest BCUT2D eigenvalue weighted by Gasteiger charge is 2.27. The molecule has 0 amide bonds. The summed E-state index contributed by atoms with van der Waals surface area (Å²) in [7, 11) is 0. The van der Waals surface area contributed by atoms with E-state index in [0.29, 0.717) is 11.7 Å². The van der Waals surface area contributed by atoms with E-state index in [0.717, 1.165) is 31.4 Å². The number of hydrogen-bond donors (Lipinski definition) is 1. The van der Waals surface area contributed by atoms with Crippen LogP contribution in [0, 0.1) is 5.92 Å². The van der Waals surface area contributed by atoms with E-state index in [1.807, 2.05) is 26.8 Å². The lowest BCUT2D eigenvalue weighted by Crippen LogP contribution is -2.31. The molecule has 0 radical (unpaired) electrons. The molecule has 2 atom stereocenters. The first-order chi connectivity index (χ1) is 11.1. The van der Waals surface area contributed by atoms with E-state index >= 15 is 0 Å². The SMILES string of the molecule is CC(=O)OC(C)(C)C.CCCO[C@@H]1Cc2c(O)cccc2C[C@H]1C. The van der Waals surface area contributed by atoms with Crippen LogP contribution in [-0.2, 0) is 27.1 Å². The second kappa shape index (κ2) is 9.07. The van der Waals surface area contributed by atoms with Gasteiger partial charge in [-0.2, -0.15) is 0 Å². The lowest BCUT2D eigenvalue weighted by atomic mass is 9.82. The number of hydrogen-bond acceptors (Lipinski definition) is 4. The summed E-state index contributed by atoms with van der Waals surface area (Å²) < 4.78 is 10.6. The Kier molecular flexibility index (Phi) is 7.74. The average molecular weight is 336 g/mol. The highest BCUT2D eigenvalue weighted by Crippen LogP contribution is 2.32. The third-order valence-electron chi connectivity index (χ3n) is 3.82.